The van der Waals surface area contributed by atoms with Gasteiger partial charge in [-0.2, -0.15) is 0 Å². The Balaban J connectivity index is 1.53. The number of rotatable bonds is 6. The molecule has 1 heterocycles. The average molecular weight is 346 g/mol. The highest BCUT2D eigenvalue weighted by molar-refractivity contribution is 5.94. The first-order chi connectivity index (χ1) is 12.2. The van der Waals surface area contributed by atoms with E-state index in [0.717, 1.165) is 56.8 Å². The van der Waals surface area contributed by atoms with Crippen LogP contribution < -0.4 is 4.74 Å². The molecule has 25 heavy (non-hydrogen) atoms. The number of piperazine rings is 1. The average Bonchev–Trinajstić information content (AvgIpc) is 3.16. The van der Waals surface area contributed by atoms with E-state index >= 15 is 0 Å². The van der Waals surface area contributed by atoms with Crippen molar-refractivity contribution in [3.8, 4) is 5.75 Å². The first kappa shape index (κ1) is 18.2. The predicted octanol–water partition coefficient (Wildman–Crippen LogP) is 2.54. The summed E-state index contributed by atoms with van der Waals surface area (Å²) in [6.45, 7) is 5.37. The summed E-state index contributed by atoms with van der Waals surface area (Å²) in [4.78, 5) is 16.9. The van der Waals surface area contributed by atoms with Gasteiger partial charge in [0.05, 0.1) is 12.7 Å². The minimum Gasteiger partial charge on any atom is -0.490 e. The van der Waals surface area contributed by atoms with E-state index in [2.05, 4.69) is 11.8 Å². The number of benzene rings is 1. The minimum absolute atomic E-state index is 0.0871. The van der Waals surface area contributed by atoms with Crippen LogP contribution in [0.5, 0.6) is 5.75 Å². The fourth-order valence-electron chi connectivity index (χ4n) is 3.85. The molecular formula is C20H30N2O3. The topological polar surface area (TPSA) is 53.0 Å². The van der Waals surface area contributed by atoms with E-state index in [1.807, 2.05) is 29.2 Å². The number of nitrogens with zero attached hydrogens (tertiary/aromatic N) is 2. The Hall–Kier alpha value is -1.59. The molecule has 0 bridgehead atoms. The maximum atomic E-state index is 12.7. The second kappa shape index (κ2) is 8.68. The maximum absolute atomic E-state index is 12.7. The molecule has 1 unspecified atom stereocenters. The molecule has 1 saturated carbocycles. The van der Waals surface area contributed by atoms with E-state index in [1.165, 1.54) is 12.8 Å². The van der Waals surface area contributed by atoms with Gasteiger partial charge >= 0.3 is 0 Å². The van der Waals surface area contributed by atoms with Crippen LogP contribution in [0.15, 0.2) is 24.3 Å². The number of carbonyl (C=O) groups excluding carboxylic acids is 1. The molecule has 1 atom stereocenters. The van der Waals surface area contributed by atoms with Gasteiger partial charge in [0.25, 0.3) is 5.91 Å². The third kappa shape index (κ3) is 4.53. The second-order valence-electron chi connectivity index (χ2n) is 7.12. The third-order valence-electron chi connectivity index (χ3n) is 5.51. The lowest BCUT2D eigenvalue weighted by molar-refractivity contribution is 0.0472. The minimum atomic E-state index is 0.0871. The van der Waals surface area contributed by atoms with Gasteiger partial charge in [-0.15, -0.1) is 0 Å². The monoisotopic (exact) mass is 346 g/mol. The fraction of sp³-hybridized carbons (Fsp3) is 0.650. The van der Waals surface area contributed by atoms with Crippen molar-refractivity contribution in [1.29, 1.82) is 0 Å². The molecular weight excluding hydrogens is 316 g/mol. The first-order valence-electron chi connectivity index (χ1n) is 9.62. The number of hydrogen-bond donors (Lipinski definition) is 1. The SMILES string of the molecule is CCC(CO)N1CCN(C(=O)c2ccc(OC3CCCC3)cc2)CC1. The van der Waals surface area contributed by atoms with Crippen molar-refractivity contribution in [2.45, 2.75) is 51.2 Å². The van der Waals surface area contributed by atoms with Gasteiger partial charge in [0.2, 0.25) is 0 Å². The number of carbonyl (C=O) groups is 1. The number of amides is 1. The summed E-state index contributed by atoms with van der Waals surface area (Å²) in [5, 5.41) is 9.43. The van der Waals surface area contributed by atoms with Gasteiger partial charge in [-0.25, -0.2) is 0 Å². The van der Waals surface area contributed by atoms with Gasteiger partial charge in [-0.1, -0.05) is 6.92 Å². The van der Waals surface area contributed by atoms with Crippen LogP contribution >= 0.6 is 0 Å². The highest BCUT2D eigenvalue weighted by Gasteiger charge is 2.25. The molecule has 2 fully saturated rings. The largest absolute Gasteiger partial charge is 0.490 e. The van der Waals surface area contributed by atoms with Crippen LogP contribution in [0.1, 0.15) is 49.4 Å². The van der Waals surface area contributed by atoms with Crippen molar-refractivity contribution in [2.75, 3.05) is 32.8 Å². The highest BCUT2D eigenvalue weighted by Crippen LogP contribution is 2.24. The van der Waals surface area contributed by atoms with E-state index in [9.17, 15) is 9.90 Å². The van der Waals surface area contributed by atoms with Crippen molar-refractivity contribution >= 4 is 5.91 Å². The first-order valence-corrected chi connectivity index (χ1v) is 9.62. The molecule has 1 saturated heterocycles. The number of aliphatic hydroxyl groups is 1. The summed E-state index contributed by atoms with van der Waals surface area (Å²) < 4.78 is 5.97. The molecule has 5 heteroatoms. The molecule has 5 nitrogen and oxygen atoms in total. The van der Waals surface area contributed by atoms with E-state index in [4.69, 9.17) is 4.74 Å². The maximum Gasteiger partial charge on any atom is 0.253 e. The molecule has 1 aromatic rings. The normalized spacial score (nSPS) is 20.6. The van der Waals surface area contributed by atoms with Gasteiger partial charge < -0.3 is 14.7 Å². The van der Waals surface area contributed by atoms with Crippen LogP contribution in [0.2, 0.25) is 0 Å². The van der Waals surface area contributed by atoms with Crippen LogP contribution in [0.25, 0.3) is 0 Å². The van der Waals surface area contributed by atoms with E-state index < -0.39 is 0 Å². The van der Waals surface area contributed by atoms with Crippen LogP contribution in [-0.2, 0) is 0 Å². The van der Waals surface area contributed by atoms with Gasteiger partial charge in [-0.3, -0.25) is 9.69 Å². The molecule has 1 aliphatic carbocycles. The zero-order valence-electron chi connectivity index (χ0n) is 15.2. The zero-order valence-corrected chi connectivity index (χ0v) is 15.2. The van der Waals surface area contributed by atoms with Gasteiger partial charge in [0.15, 0.2) is 0 Å². The summed E-state index contributed by atoms with van der Waals surface area (Å²) in [6, 6.07) is 7.80. The summed E-state index contributed by atoms with van der Waals surface area (Å²) in [5.74, 6) is 0.950. The third-order valence-corrected chi connectivity index (χ3v) is 5.51. The Morgan fingerprint density at radius 3 is 2.36 bits per heavy atom. The highest BCUT2D eigenvalue weighted by atomic mass is 16.5. The van der Waals surface area contributed by atoms with Crippen molar-refractivity contribution in [1.82, 2.24) is 9.80 Å². The number of aliphatic hydroxyl groups excluding tert-OH is 1. The van der Waals surface area contributed by atoms with E-state index in [1.54, 1.807) is 0 Å². The smallest absolute Gasteiger partial charge is 0.253 e. The van der Waals surface area contributed by atoms with Crippen molar-refractivity contribution in [2.24, 2.45) is 0 Å². The molecule has 1 aromatic carbocycles. The van der Waals surface area contributed by atoms with Crippen LogP contribution in [-0.4, -0.2) is 65.7 Å². The van der Waals surface area contributed by atoms with Crippen LogP contribution in [0.4, 0.5) is 0 Å². The van der Waals surface area contributed by atoms with Gasteiger partial charge in [0.1, 0.15) is 5.75 Å². The fourth-order valence-corrected chi connectivity index (χ4v) is 3.85. The van der Waals surface area contributed by atoms with E-state index in [0.29, 0.717) is 6.10 Å². The lowest BCUT2D eigenvalue weighted by Crippen LogP contribution is -2.52. The Morgan fingerprint density at radius 1 is 1.16 bits per heavy atom. The number of ether oxygens (including phenoxy) is 1. The van der Waals surface area contributed by atoms with Crippen LogP contribution in [0, 0.1) is 0 Å². The predicted molar refractivity (Wildman–Crippen MR) is 98.0 cm³/mol. The Kier molecular flexibility index (Phi) is 6.32. The van der Waals surface area contributed by atoms with E-state index in [-0.39, 0.29) is 18.6 Å². The molecule has 0 spiro atoms. The van der Waals surface area contributed by atoms with Crippen molar-refractivity contribution in [3.05, 3.63) is 29.8 Å². The zero-order chi connectivity index (χ0) is 17.6. The molecule has 0 aromatic heterocycles. The molecule has 0 radical (unpaired) electrons. The summed E-state index contributed by atoms with van der Waals surface area (Å²) in [5.41, 5.74) is 0.724. The molecule has 1 N–H and O–H groups in total. The summed E-state index contributed by atoms with van der Waals surface area (Å²) in [6.07, 6.45) is 6.06. The standard InChI is InChI=1S/C20H30N2O3/c1-2-17(15-23)21-11-13-22(14-12-21)20(24)16-7-9-19(10-8-16)25-18-5-3-4-6-18/h7-10,17-18,23H,2-6,11-15H2,1H3. The van der Waals surface area contributed by atoms with Crippen molar-refractivity contribution < 1.29 is 14.6 Å². The molecule has 3 rings (SSSR count). The number of hydrogen-bond acceptors (Lipinski definition) is 4. The van der Waals surface area contributed by atoms with Gasteiger partial charge in [-0.05, 0) is 56.4 Å². The Morgan fingerprint density at radius 2 is 1.80 bits per heavy atom. The molecule has 1 amide bonds. The molecule has 1 aliphatic heterocycles. The second-order valence-corrected chi connectivity index (χ2v) is 7.12. The Labute approximate surface area is 150 Å². The molecule has 2 aliphatic rings. The van der Waals surface area contributed by atoms with Crippen LogP contribution in [0.3, 0.4) is 0 Å². The lowest BCUT2D eigenvalue weighted by atomic mass is 10.1. The Bertz CT molecular complexity index is 543. The quantitative estimate of drug-likeness (QED) is 0.860. The summed E-state index contributed by atoms with van der Waals surface area (Å²) in [7, 11) is 0. The van der Waals surface area contributed by atoms with Gasteiger partial charge in [0, 0.05) is 37.8 Å². The lowest BCUT2D eigenvalue weighted by Gasteiger charge is -2.38. The molecule has 138 valence electrons. The van der Waals surface area contributed by atoms with Crippen molar-refractivity contribution in [3.63, 3.8) is 0 Å². The summed E-state index contributed by atoms with van der Waals surface area (Å²) >= 11 is 0.